The predicted octanol–water partition coefficient (Wildman–Crippen LogP) is 1.67. The fraction of sp³-hybridized carbons (Fsp3) is 0.500. The van der Waals surface area contributed by atoms with Gasteiger partial charge in [0.2, 0.25) is 11.8 Å². The average Bonchev–Trinajstić information content (AvgIpc) is 2.53. The summed E-state index contributed by atoms with van der Waals surface area (Å²) in [6, 6.07) is 4.42. The number of halogens is 1. The largest absolute Gasteiger partial charge is 0.378 e. The Labute approximate surface area is 129 Å². The van der Waals surface area contributed by atoms with Crippen molar-refractivity contribution in [3.8, 4) is 0 Å². The van der Waals surface area contributed by atoms with E-state index >= 15 is 0 Å². The highest BCUT2D eigenvalue weighted by atomic mass is 19.1. The zero-order chi connectivity index (χ0) is 16.1. The first kappa shape index (κ1) is 16.4. The predicted molar refractivity (Wildman–Crippen MR) is 79.2 cm³/mol. The fourth-order valence-electron chi connectivity index (χ4n) is 2.64. The zero-order valence-corrected chi connectivity index (χ0v) is 12.5. The highest BCUT2D eigenvalue weighted by Crippen LogP contribution is 2.23. The quantitative estimate of drug-likeness (QED) is 0.868. The Morgan fingerprint density at radius 3 is 2.68 bits per heavy atom. The number of amides is 2. The van der Waals surface area contributed by atoms with Crippen molar-refractivity contribution < 1.29 is 18.7 Å². The molecule has 1 aromatic rings. The van der Waals surface area contributed by atoms with Gasteiger partial charge in [0.25, 0.3) is 0 Å². The Morgan fingerprint density at radius 2 is 2.09 bits per heavy atom. The number of rotatable bonds is 5. The second-order valence-corrected chi connectivity index (χ2v) is 5.52. The van der Waals surface area contributed by atoms with Crippen LogP contribution in [-0.4, -0.2) is 24.5 Å². The molecule has 1 aliphatic heterocycles. The first-order chi connectivity index (χ1) is 10.5. The van der Waals surface area contributed by atoms with Crippen LogP contribution < -0.4 is 11.1 Å². The van der Waals surface area contributed by atoms with Gasteiger partial charge in [0.15, 0.2) is 0 Å². The molecule has 1 aliphatic rings. The third-order valence-corrected chi connectivity index (χ3v) is 3.97. The number of carbonyl (C=O) groups is 2. The molecule has 0 bridgehead atoms. The number of hydrogen-bond acceptors (Lipinski definition) is 3. The van der Waals surface area contributed by atoms with E-state index in [1.165, 1.54) is 24.3 Å². The van der Waals surface area contributed by atoms with E-state index in [0.717, 1.165) is 6.42 Å². The van der Waals surface area contributed by atoms with Crippen molar-refractivity contribution in [3.05, 3.63) is 35.6 Å². The Hall–Kier alpha value is -1.95. The first-order valence-electron chi connectivity index (χ1n) is 7.48. The highest BCUT2D eigenvalue weighted by Gasteiger charge is 2.30. The molecule has 1 saturated heterocycles. The fourth-order valence-corrected chi connectivity index (χ4v) is 2.64. The van der Waals surface area contributed by atoms with Crippen LogP contribution in [0, 0.1) is 11.7 Å². The lowest BCUT2D eigenvalue weighted by Crippen LogP contribution is -2.43. The van der Waals surface area contributed by atoms with E-state index in [2.05, 4.69) is 5.32 Å². The highest BCUT2D eigenvalue weighted by molar-refractivity contribution is 5.88. The van der Waals surface area contributed by atoms with E-state index in [9.17, 15) is 14.0 Å². The van der Waals surface area contributed by atoms with E-state index in [1.807, 2.05) is 6.92 Å². The minimum Gasteiger partial charge on any atom is -0.378 e. The van der Waals surface area contributed by atoms with Gasteiger partial charge in [0, 0.05) is 12.5 Å². The lowest BCUT2D eigenvalue weighted by atomic mass is 9.93. The van der Waals surface area contributed by atoms with Gasteiger partial charge >= 0.3 is 0 Å². The van der Waals surface area contributed by atoms with Crippen LogP contribution in [0.3, 0.4) is 0 Å². The van der Waals surface area contributed by atoms with E-state index < -0.39 is 17.8 Å². The molecule has 0 aromatic heterocycles. The Kier molecular flexibility index (Phi) is 5.49. The lowest BCUT2D eigenvalue weighted by molar-refractivity contribution is -0.133. The summed E-state index contributed by atoms with van der Waals surface area (Å²) < 4.78 is 18.5. The molecule has 3 N–H and O–H groups in total. The summed E-state index contributed by atoms with van der Waals surface area (Å²) >= 11 is 0. The van der Waals surface area contributed by atoms with Crippen LogP contribution in [0.15, 0.2) is 24.3 Å². The van der Waals surface area contributed by atoms with Crippen LogP contribution in [-0.2, 0) is 14.3 Å². The average molecular weight is 308 g/mol. The molecule has 0 saturated carbocycles. The van der Waals surface area contributed by atoms with Crippen LogP contribution in [0.1, 0.15) is 37.8 Å². The van der Waals surface area contributed by atoms with Crippen LogP contribution >= 0.6 is 0 Å². The molecule has 6 heteroatoms. The number of carbonyl (C=O) groups excluding carboxylic acids is 2. The van der Waals surface area contributed by atoms with Gasteiger partial charge in [-0.2, -0.15) is 0 Å². The standard InChI is InChI=1S/C16H21FN2O3/c1-2-13-9-11(7-8-22-13)16(21)19-14(15(18)20)10-3-5-12(17)6-4-10/h3-6,11,13-14H,2,7-9H2,1H3,(H2,18,20)(H,19,21)/t11-,13-,14-/m1/s1. The summed E-state index contributed by atoms with van der Waals surface area (Å²) in [4.78, 5) is 24.0. The molecular formula is C16H21FN2O3. The van der Waals surface area contributed by atoms with Crippen molar-refractivity contribution in [1.82, 2.24) is 5.32 Å². The first-order valence-corrected chi connectivity index (χ1v) is 7.48. The maximum absolute atomic E-state index is 13.0. The number of primary amides is 1. The third-order valence-electron chi connectivity index (χ3n) is 3.97. The zero-order valence-electron chi connectivity index (χ0n) is 12.5. The normalized spacial score (nSPS) is 22.8. The number of ether oxygens (including phenoxy) is 1. The van der Waals surface area contributed by atoms with Crippen molar-refractivity contribution >= 4 is 11.8 Å². The van der Waals surface area contributed by atoms with Gasteiger partial charge in [-0.15, -0.1) is 0 Å². The summed E-state index contributed by atoms with van der Waals surface area (Å²) in [7, 11) is 0. The van der Waals surface area contributed by atoms with Crippen molar-refractivity contribution in [2.24, 2.45) is 11.7 Å². The molecule has 1 fully saturated rings. The van der Waals surface area contributed by atoms with Gasteiger partial charge in [0.1, 0.15) is 11.9 Å². The van der Waals surface area contributed by atoms with Crippen molar-refractivity contribution in [2.75, 3.05) is 6.61 Å². The van der Waals surface area contributed by atoms with Crippen molar-refractivity contribution in [1.29, 1.82) is 0 Å². The van der Waals surface area contributed by atoms with E-state index in [-0.39, 0.29) is 17.9 Å². The second kappa shape index (κ2) is 7.35. The van der Waals surface area contributed by atoms with Crippen LogP contribution in [0.25, 0.3) is 0 Å². The van der Waals surface area contributed by atoms with E-state index in [4.69, 9.17) is 10.5 Å². The van der Waals surface area contributed by atoms with Gasteiger partial charge < -0.3 is 15.8 Å². The van der Waals surface area contributed by atoms with E-state index in [1.54, 1.807) is 0 Å². The maximum Gasteiger partial charge on any atom is 0.244 e. The monoisotopic (exact) mass is 308 g/mol. The molecule has 1 heterocycles. The molecule has 5 nitrogen and oxygen atoms in total. The molecular weight excluding hydrogens is 287 g/mol. The topological polar surface area (TPSA) is 81.4 Å². The van der Waals surface area contributed by atoms with Crippen molar-refractivity contribution in [2.45, 2.75) is 38.3 Å². The van der Waals surface area contributed by atoms with Crippen LogP contribution in [0.5, 0.6) is 0 Å². The summed E-state index contributed by atoms with van der Waals surface area (Å²) in [5.41, 5.74) is 5.84. The molecule has 1 aromatic carbocycles. The summed E-state index contributed by atoms with van der Waals surface area (Å²) in [6.07, 6.45) is 2.18. The van der Waals surface area contributed by atoms with Crippen molar-refractivity contribution in [3.63, 3.8) is 0 Å². The van der Waals surface area contributed by atoms with Gasteiger partial charge in [-0.1, -0.05) is 19.1 Å². The summed E-state index contributed by atoms with van der Waals surface area (Å²) in [6.45, 7) is 2.55. The number of hydrogen-bond donors (Lipinski definition) is 2. The Balaban J connectivity index is 2.06. The summed E-state index contributed by atoms with van der Waals surface area (Å²) in [5.74, 6) is -1.48. The summed E-state index contributed by atoms with van der Waals surface area (Å²) in [5, 5.41) is 2.68. The molecule has 0 radical (unpaired) electrons. The molecule has 2 rings (SSSR count). The van der Waals surface area contributed by atoms with Gasteiger partial charge in [-0.05, 0) is 37.0 Å². The molecule has 0 spiro atoms. The Morgan fingerprint density at radius 1 is 1.41 bits per heavy atom. The SMILES string of the molecule is CC[C@@H]1C[C@H](C(=O)N[C@@H](C(N)=O)c2ccc(F)cc2)CCO1. The van der Waals surface area contributed by atoms with Gasteiger partial charge in [-0.3, -0.25) is 9.59 Å². The number of nitrogens with two attached hydrogens (primary N) is 1. The number of benzene rings is 1. The van der Waals surface area contributed by atoms with Crippen LogP contribution in [0.2, 0.25) is 0 Å². The number of nitrogens with one attached hydrogen (secondary N) is 1. The maximum atomic E-state index is 13.0. The lowest BCUT2D eigenvalue weighted by Gasteiger charge is -2.29. The molecule has 22 heavy (non-hydrogen) atoms. The molecule has 0 unspecified atom stereocenters. The second-order valence-electron chi connectivity index (χ2n) is 5.52. The third kappa shape index (κ3) is 4.04. The molecule has 2 amide bonds. The van der Waals surface area contributed by atoms with Gasteiger partial charge in [-0.25, -0.2) is 4.39 Å². The minimum atomic E-state index is -0.948. The minimum absolute atomic E-state index is 0.0716. The van der Waals surface area contributed by atoms with Gasteiger partial charge in [0.05, 0.1) is 6.10 Å². The van der Waals surface area contributed by atoms with E-state index in [0.29, 0.717) is 25.0 Å². The smallest absolute Gasteiger partial charge is 0.244 e. The molecule has 0 aliphatic carbocycles. The molecule has 120 valence electrons. The molecule has 3 atom stereocenters. The van der Waals surface area contributed by atoms with Crippen LogP contribution in [0.4, 0.5) is 4.39 Å². The Bertz CT molecular complexity index is 533.